The van der Waals surface area contributed by atoms with Gasteiger partial charge in [0.25, 0.3) is 0 Å². The van der Waals surface area contributed by atoms with Crippen molar-refractivity contribution in [2.45, 2.75) is 58.0 Å². The highest BCUT2D eigenvalue weighted by atomic mass is 35.5. The lowest BCUT2D eigenvalue weighted by Crippen LogP contribution is -2.09. The minimum atomic E-state index is -0.544. The zero-order valence-corrected chi connectivity index (χ0v) is 16.2. The van der Waals surface area contributed by atoms with Crippen molar-refractivity contribution in [1.29, 1.82) is 0 Å². The highest BCUT2D eigenvalue weighted by Gasteiger charge is 2.13. The Hall–Kier alpha value is -1.81. The zero-order valence-electron chi connectivity index (χ0n) is 15.5. The van der Waals surface area contributed by atoms with Crippen molar-refractivity contribution >= 4 is 23.5 Å². The predicted octanol–water partition coefficient (Wildman–Crippen LogP) is 5.36. The first-order chi connectivity index (χ1) is 12.7. The molecule has 5 heteroatoms. The standard InChI is InChI=1S/C21H29ClO4/c1-2-19(18-12-8-7-9-13-18)26-21(24)15-14-20(23)25-17-11-6-4-3-5-10-16-22/h7-9,12-15,19H,2-6,10-11,16-17H2,1H3/b15-14+. The molecule has 1 rings (SSSR count). The number of halogens is 1. The summed E-state index contributed by atoms with van der Waals surface area (Å²) in [6.45, 7) is 2.31. The van der Waals surface area contributed by atoms with Crippen LogP contribution in [0.1, 0.15) is 63.5 Å². The second-order valence-corrected chi connectivity index (χ2v) is 6.43. The van der Waals surface area contributed by atoms with Gasteiger partial charge in [0.05, 0.1) is 6.61 Å². The van der Waals surface area contributed by atoms with Crippen molar-refractivity contribution in [3.63, 3.8) is 0 Å². The lowest BCUT2D eigenvalue weighted by atomic mass is 10.1. The van der Waals surface area contributed by atoms with E-state index in [0.29, 0.717) is 13.0 Å². The molecule has 1 unspecified atom stereocenters. The Kier molecular flexibility index (Phi) is 12.3. The van der Waals surface area contributed by atoms with E-state index in [1.54, 1.807) is 0 Å². The highest BCUT2D eigenvalue weighted by molar-refractivity contribution is 6.17. The minimum absolute atomic E-state index is 0.317. The van der Waals surface area contributed by atoms with Crippen LogP contribution < -0.4 is 0 Å². The van der Waals surface area contributed by atoms with Crippen LogP contribution in [-0.2, 0) is 19.1 Å². The largest absolute Gasteiger partial charge is 0.463 e. The Balaban J connectivity index is 2.20. The van der Waals surface area contributed by atoms with E-state index >= 15 is 0 Å². The molecule has 0 fully saturated rings. The van der Waals surface area contributed by atoms with Crippen molar-refractivity contribution in [3.05, 3.63) is 48.0 Å². The molecule has 0 aromatic heterocycles. The summed E-state index contributed by atoms with van der Waals surface area (Å²) in [4.78, 5) is 23.5. The third-order valence-electron chi connectivity index (χ3n) is 3.93. The lowest BCUT2D eigenvalue weighted by molar-refractivity contribution is -0.144. The molecule has 1 aromatic carbocycles. The number of benzene rings is 1. The van der Waals surface area contributed by atoms with Crippen molar-refractivity contribution in [3.8, 4) is 0 Å². The molecule has 0 amide bonds. The average molecular weight is 381 g/mol. The van der Waals surface area contributed by atoms with Crippen LogP contribution in [-0.4, -0.2) is 24.4 Å². The third-order valence-corrected chi connectivity index (χ3v) is 4.20. The van der Waals surface area contributed by atoms with Crippen LogP contribution in [0.15, 0.2) is 42.5 Å². The number of esters is 2. The number of hydrogen-bond donors (Lipinski definition) is 0. The second-order valence-electron chi connectivity index (χ2n) is 6.06. The van der Waals surface area contributed by atoms with Crippen LogP contribution >= 0.6 is 11.6 Å². The van der Waals surface area contributed by atoms with Gasteiger partial charge >= 0.3 is 11.9 Å². The van der Waals surface area contributed by atoms with Gasteiger partial charge in [-0.3, -0.25) is 0 Å². The minimum Gasteiger partial charge on any atom is -0.463 e. The van der Waals surface area contributed by atoms with Crippen LogP contribution in [0.2, 0.25) is 0 Å². The monoisotopic (exact) mass is 380 g/mol. The number of carbonyl (C=O) groups is 2. The summed E-state index contributed by atoms with van der Waals surface area (Å²) in [5.74, 6) is -0.342. The Morgan fingerprint density at radius 1 is 0.962 bits per heavy atom. The maximum absolute atomic E-state index is 11.9. The van der Waals surface area contributed by atoms with Gasteiger partial charge in [-0.2, -0.15) is 0 Å². The maximum Gasteiger partial charge on any atom is 0.331 e. The number of unbranched alkanes of at least 4 members (excludes halogenated alkanes) is 5. The first-order valence-corrected chi connectivity index (χ1v) is 9.87. The summed E-state index contributed by atoms with van der Waals surface area (Å²) in [6.07, 6.45) is 8.94. The van der Waals surface area contributed by atoms with Crippen molar-refractivity contribution in [2.75, 3.05) is 12.5 Å². The fraction of sp³-hybridized carbons (Fsp3) is 0.524. The summed E-state index contributed by atoms with van der Waals surface area (Å²) in [6, 6.07) is 9.53. The fourth-order valence-electron chi connectivity index (χ4n) is 2.49. The molecule has 0 heterocycles. The van der Waals surface area contributed by atoms with Gasteiger partial charge in [0.15, 0.2) is 0 Å². The van der Waals surface area contributed by atoms with Gasteiger partial charge in [-0.05, 0) is 24.8 Å². The first-order valence-electron chi connectivity index (χ1n) is 9.33. The van der Waals surface area contributed by atoms with Crippen LogP contribution in [0.5, 0.6) is 0 Å². The van der Waals surface area contributed by atoms with E-state index in [2.05, 4.69) is 0 Å². The van der Waals surface area contributed by atoms with Gasteiger partial charge < -0.3 is 9.47 Å². The van der Waals surface area contributed by atoms with Gasteiger partial charge in [-0.25, -0.2) is 9.59 Å². The van der Waals surface area contributed by atoms with E-state index in [1.807, 2.05) is 37.3 Å². The SMILES string of the molecule is CCC(OC(=O)/C=C/C(=O)OCCCCCCCCCl)c1ccccc1. The van der Waals surface area contributed by atoms with Crippen LogP contribution in [0, 0.1) is 0 Å². The Morgan fingerprint density at radius 2 is 1.58 bits per heavy atom. The number of ether oxygens (including phenoxy) is 2. The molecule has 4 nitrogen and oxygen atoms in total. The fourth-order valence-corrected chi connectivity index (χ4v) is 2.68. The molecule has 0 bridgehead atoms. The predicted molar refractivity (Wildman–Crippen MR) is 104 cm³/mol. The molecule has 0 N–H and O–H groups in total. The molecule has 1 atom stereocenters. The molecular weight excluding hydrogens is 352 g/mol. The van der Waals surface area contributed by atoms with E-state index in [-0.39, 0.29) is 6.10 Å². The van der Waals surface area contributed by atoms with Gasteiger partial charge in [0.1, 0.15) is 6.10 Å². The Bertz CT molecular complexity index is 542. The first kappa shape index (κ1) is 22.2. The van der Waals surface area contributed by atoms with Gasteiger partial charge in [0, 0.05) is 18.0 Å². The quantitative estimate of drug-likeness (QED) is 0.200. The topological polar surface area (TPSA) is 52.6 Å². The molecular formula is C21H29ClO4. The summed E-state index contributed by atoms with van der Waals surface area (Å²) in [5, 5.41) is 0. The number of carbonyl (C=O) groups excluding carboxylic acids is 2. The molecule has 1 aromatic rings. The molecule has 0 saturated heterocycles. The summed E-state index contributed by atoms with van der Waals surface area (Å²) in [7, 11) is 0. The Morgan fingerprint density at radius 3 is 2.23 bits per heavy atom. The second kappa shape index (κ2) is 14.4. The van der Waals surface area contributed by atoms with Gasteiger partial charge in [0.2, 0.25) is 0 Å². The summed E-state index contributed by atoms with van der Waals surface area (Å²) < 4.78 is 10.5. The van der Waals surface area contributed by atoms with Crippen molar-refractivity contribution in [1.82, 2.24) is 0 Å². The smallest absolute Gasteiger partial charge is 0.331 e. The van der Waals surface area contributed by atoms with E-state index in [1.165, 1.54) is 0 Å². The van der Waals surface area contributed by atoms with Crippen molar-refractivity contribution < 1.29 is 19.1 Å². The van der Waals surface area contributed by atoms with Crippen LogP contribution in [0.3, 0.4) is 0 Å². The molecule has 0 aliphatic rings. The number of hydrogen-bond acceptors (Lipinski definition) is 4. The average Bonchev–Trinajstić information content (AvgIpc) is 2.67. The molecule has 144 valence electrons. The highest BCUT2D eigenvalue weighted by Crippen LogP contribution is 2.20. The molecule has 0 aliphatic heterocycles. The molecule has 0 spiro atoms. The number of alkyl halides is 1. The molecule has 26 heavy (non-hydrogen) atoms. The third kappa shape index (κ3) is 10.2. The van der Waals surface area contributed by atoms with Crippen molar-refractivity contribution in [2.24, 2.45) is 0 Å². The molecule has 0 aliphatic carbocycles. The summed E-state index contributed by atoms with van der Waals surface area (Å²) >= 11 is 5.62. The van der Waals surface area contributed by atoms with E-state index in [9.17, 15) is 9.59 Å². The molecule has 0 radical (unpaired) electrons. The summed E-state index contributed by atoms with van der Waals surface area (Å²) in [5.41, 5.74) is 0.936. The Labute approximate surface area is 161 Å². The molecule has 0 saturated carbocycles. The lowest BCUT2D eigenvalue weighted by Gasteiger charge is -2.15. The van der Waals surface area contributed by atoms with E-state index in [0.717, 1.165) is 62.1 Å². The zero-order chi connectivity index (χ0) is 19.0. The maximum atomic E-state index is 11.9. The van der Waals surface area contributed by atoms with Crippen LogP contribution in [0.25, 0.3) is 0 Å². The van der Waals surface area contributed by atoms with E-state index < -0.39 is 11.9 Å². The van der Waals surface area contributed by atoms with Crippen LogP contribution in [0.4, 0.5) is 0 Å². The number of rotatable bonds is 13. The normalized spacial score (nSPS) is 12.1. The van der Waals surface area contributed by atoms with E-state index in [4.69, 9.17) is 21.1 Å². The van der Waals surface area contributed by atoms with Gasteiger partial charge in [-0.1, -0.05) is 62.9 Å². The van der Waals surface area contributed by atoms with Gasteiger partial charge in [-0.15, -0.1) is 11.6 Å².